The van der Waals surface area contributed by atoms with Crippen molar-refractivity contribution in [1.29, 1.82) is 0 Å². The highest BCUT2D eigenvalue weighted by molar-refractivity contribution is 7.98. The van der Waals surface area contributed by atoms with Crippen molar-refractivity contribution in [2.24, 2.45) is 0 Å². The maximum atomic E-state index is 12.3. The first kappa shape index (κ1) is 26.4. The maximum Gasteiger partial charge on any atom is 0.259 e. The third kappa shape index (κ3) is 7.90. The van der Waals surface area contributed by atoms with Crippen LogP contribution in [0.15, 0.2) is 54.6 Å². The Morgan fingerprint density at radius 3 is 2.53 bits per heavy atom. The summed E-state index contributed by atoms with van der Waals surface area (Å²) in [5.74, 6) is 0.965. The van der Waals surface area contributed by atoms with Gasteiger partial charge in [-0.3, -0.25) is 14.9 Å². The number of halogens is 1. The average molecular weight is 560 g/mol. The summed E-state index contributed by atoms with van der Waals surface area (Å²) in [7, 11) is 0. The summed E-state index contributed by atoms with van der Waals surface area (Å²) in [5.41, 5.74) is 1.40. The minimum atomic E-state index is -1.35. The Bertz CT molecular complexity index is 1320. The molecule has 4 rings (SSSR count). The van der Waals surface area contributed by atoms with Crippen molar-refractivity contribution < 1.29 is 14.7 Å². The first-order valence-corrected chi connectivity index (χ1v) is 14.1. The van der Waals surface area contributed by atoms with E-state index in [9.17, 15) is 14.7 Å². The molecule has 1 atom stereocenters. The third-order valence-electron chi connectivity index (χ3n) is 4.90. The van der Waals surface area contributed by atoms with Gasteiger partial charge in [-0.1, -0.05) is 65.4 Å². The molecule has 0 radical (unpaired) electrons. The number of carbonyl (C=O) groups is 2. The fraction of sp³-hybridized carbons (Fsp3) is 0.250. The Balaban J connectivity index is 1.17. The molecule has 0 spiro atoms. The van der Waals surface area contributed by atoms with Crippen LogP contribution in [0.4, 0.5) is 5.13 Å². The number of aromatic nitrogens is 4. The summed E-state index contributed by atoms with van der Waals surface area (Å²) in [6.07, 6.45) is 0.0834. The lowest BCUT2D eigenvalue weighted by molar-refractivity contribution is -0.124. The number of rotatable bonds is 12. The number of aliphatic hydroxyl groups excluding tert-OH is 1. The van der Waals surface area contributed by atoms with Crippen LogP contribution in [0.3, 0.4) is 0 Å². The van der Waals surface area contributed by atoms with E-state index in [4.69, 9.17) is 11.6 Å². The van der Waals surface area contributed by atoms with Gasteiger partial charge in [-0.15, -0.1) is 31.7 Å². The number of ketones is 1. The number of Topliss-reactive ketones (excluding diaryl/α,β-unsaturated/α-hetero) is 1. The molecule has 2 aromatic carbocycles. The predicted molar refractivity (Wildman–Crippen MR) is 144 cm³/mol. The molecule has 2 aromatic heterocycles. The molecule has 186 valence electrons. The number of carbonyl (C=O) groups excluding carboxylic acids is 2. The number of benzene rings is 2. The van der Waals surface area contributed by atoms with E-state index >= 15 is 0 Å². The fourth-order valence-corrected chi connectivity index (χ4v) is 6.14. The van der Waals surface area contributed by atoms with Crippen LogP contribution in [-0.2, 0) is 34.6 Å². The molecule has 4 aromatic rings. The number of hydrogen-bond acceptors (Lipinski definition) is 10. The normalized spacial score (nSPS) is 11.8. The summed E-state index contributed by atoms with van der Waals surface area (Å²) in [4.78, 5) is 24.6. The Kier molecular flexibility index (Phi) is 9.54. The van der Waals surface area contributed by atoms with Gasteiger partial charge in [0, 0.05) is 29.4 Å². The Labute approximate surface area is 225 Å². The molecule has 0 fully saturated rings. The molecule has 1 amide bonds. The van der Waals surface area contributed by atoms with E-state index in [2.05, 4.69) is 25.7 Å². The van der Waals surface area contributed by atoms with Crippen molar-refractivity contribution in [2.75, 3.05) is 11.1 Å². The quantitative estimate of drug-likeness (QED) is 0.243. The van der Waals surface area contributed by atoms with Crippen LogP contribution in [0.5, 0.6) is 0 Å². The Morgan fingerprint density at radius 2 is 1.72 bits per heavy atom. The topological polar surface area (TPSA) is 118 Å². The molecule has 1 unspecified atom stereocenters. The lowest BCUT2D eigenvalue weighted by atomic mass is 10.1. The predicted octanol–water partition coefficient (Wildman–Crippen LogP) is 4.55. The number of aliphatic hydroxyl groups is 1. The van der Waals surface area contributed by atoms with Gasteiger partial charge in [0.2, 0.25) is 5.13 Å². The average Bonchev–Trinajstić information content (AvgIpc) is 3.51. The molecule has 2 N–H and O–H groups in total. The molecule has 0 aliphatic carbocycles. The van der Waals surface area contributed by atoms with E-state index in [1.807, 2.05) is 30.3 Å². The lowest BCUT2D eigenvalue weighted by Gasteiger charge is -2.09. The number of amides is 1. The van der Waals surface area contributed by atoms with Crippen LogP contribution in [0.1, 0.15) is 32.3 Å². The molecule has 0 aliphatic rings. The van der Waals surface area contributed by atoms with Gasteiger partial charge >= 0.3 is 0 Å². The van der Waals surface area contributed by atoms with Gasteiger partial charge in [-0.05, 0) is 23.3 Å². The second-order valence-corrected chi connectivity index (χ2v) is 11.5. The maximum absolute atomic E-state index is 12.3. The number of anilines is 1. The highest BCUT2D eigenvalue weighted by atomic mass is 35.5. The summed E-state index contributed by atoms with van der Waals surface area (Å²) in [5, 5.41) is 32.4. The smallest absolute Gasteiger partial charge is 0.259 e. The molecule has 0 saturated carbocycles. The van der Waals surface area contributed by atoms with Gasteiger partial charge in [0.1, 0.15) is 20.8 Å². The summed E-state index contributed by atoms with van der Waals surface area (Å²) in [6.45, 7) is 0. The molecular weight excluding hydrogens is 538 g/mol. The van der Waals surface area contributed by atoms with Crippen molar-refractivity contribution in [1.82, 2.24) is 20.4 Å². The van der Waals surface area contributed by atoms with E-state index in [-0.39, 0.29) is 5.78 Å². The van der Waals surface area contributed by atoms with Gasteiger partial charge in [-0.2, -0.15) is 11.8 Å². The largest absolute Gasteiger partial charge is 0.378 e. The molecule has 0 aliphatic heterocycles. The summed E-state index contributed by atoms with van der Waals surface area (Å²) in [6, 6.07) is 16.2. The van der Waals surface area contributed by atoms with E-state index in [1.165, 1.54) is 28.7 Å². The molecular formula is C24H22ClN5O3S3. The zero-order chi connectivity index (χ0) is 25.3. The van der Waals surface area contributed by atoms with Gasteiger partial charge in [0.15, 0.2) is 6.10 Å². The Hall–Kier alpha value is -2.70. The minimum absolute atomic E-state index is 0.123. The molecule has 0 saturated heterocycles. The van der Waals surface area contributed by atoms with Crippen molar-refractivity contribution in [3.63, 3.8) is 0 Å². The Morgan fingerprint density at radius 1 is 0.944 bits per heavy atom. The highest BCUT2D eigenvalue weighted by Crippen LogP contribution is 2.24. The summed E-state index contributed by atoms with van der Waals surface area (Å²) < 4.78 is 0. The van der Waals surface area contributed by atoms with E-state index in [1.54, 1.807) is 30.0 Å². The van der Waals surface area contributed by atoms with E-state index in [0.717, 1.165) is 32.8 Å². The van der Waals surface area contributed by atoms with E-state index in [0.29, 0.717) is 34.3 Å². The zero-order valence-electron chi connectivity index (χ0n) is 19.0. The zero-order valence-corrected chi connectivity index (χ0v) is 22.2. The van der Waals surface area contributed by atoms with Crippen molar-refractivity contribution in [2.45, 2.75) is 31.1 Å². The summed E-state index contributed by atoms with van der Waals surface area (Å²) >= 11 is 10.3. The fourth-order valence-electron chi connectivity index (χ4n) is 3.20. The second-order valence-electron chi connectivity index (χ2n) is 7.72. The van der Waals surface area contributed by atoms with Crippen LogP contribution in [0.25, 0.3) is 0 Å². The highest BCUT2D eigenvalue weighted by Gasteiger charge is 2.19. The van der Waals surface area contributed by atoms with Gasteiger partial charge in [0.05, 0.1) is 6.42 Å². The number of nitrogens with zero attached hydrogens (tertiary/aromatic N) is 4. The third-order valence-corrected chi connectivity index (χ3v) is 8.11. The first-order valence-electron chi connectivity index (χ1n) is 11.0. The minimum Gasteiger partial charge on any atom is -0.378 e. The number of hydrogen-bond donors (Lipinski definition) is 2. The van der Waals surface area contributed by atoms with Crippen LogP contribution in [-0.4, -0.2) is 42.9 Å². The lowest BCUT2D eigenvalue weighted by Crippen LogP contribution is -2.20. The van der Waals surface area contributed by atoms with Crippen LogP contribution >= 0.6 is 46.0 Å². The first-order chi connectivity index (χ1) is 17.5. The van der Waals surface area contributed by atoms with Crippen LogP contribution in [0, 0.1) is 0 Å². The number of aryl methyl sites for hydroxylation is 1. The van der Waals surface area contributed by atoms with Gasteiger partial charge in [0.25, 0.3) is 5.91 Å². The number of thioether (sulfide) groups is 1. The SMILES string of the molecule is O=C(Cc1ccccc1)Cc1nnc(CCSCc2nnc(NC(=O)C(O)c3cccc(Cl)c3)s2)s1. The monoisotopic (exact) mass is 559 g/mol. The van der Waals surface area contributed by atoms with Crippen molar-refractivity contribution >= 4 is 62.9 Å². The van der Waals surface area contributed by atoms with Gasteiger partial charge < -0.3 is 5.11 Å². The van der Waals surface area contributed by atoms with Gasteiger partial charge in [-0.25, -0.2) is 0 Å². The van der Waals surface area contributed by atoms with Crippen LogP contribution in [0.2, 0.25) is 5.02 Å². The van der Waals surface area contributed by atoms with Crippen LogP contribution < -0.4 is 5.32 Å². The number of nitrogens with one attached hydrogen (secondary N) is 1. The molecule has 12 heteroatoms. The van der Waals surface area contributed by atoms with E-state index < -0.39 is 12.0 Å². The molecule has 8 nitrogen and oxygen atoms in total. The van der Waals surface area contributed by atoms with Crippen molar-refractivity contribution in [3.8, 4) is 0 Å². The molecule has 2 heterocycles. The van der Waals surface area contributed by atoms with Crippen molar-refractivity contribution in [3.05, 3.63) is 85.8 Å². The second kappa shape index (κ2) is 13.0. The molecule has 36 heavy (non-hydrogen) atoms. The standard InChI is InChI=1S/C24H22ClN5O3S3/c25-17-8-4-7-16(12-17)22(32)23(33)26-24-30-29-21(36-24)14-34-10-9-19-27-28-20(35-19)13-18(31)11-15-5-2-1-3-6-15/h1-8,12,22,32H,9-11,13-14H2,(H,26,30,33). The molecule has 0 bridgehead atoms.